The number of hydrazone groups is 1. The predicted octanol–water partition coefficient (Wildman–Crippen LogP) is 2.52. The third kappa shape index (κ3) is 4.49. The number of amides is 1. The number of imidazole rings is 1. The maximum Gasteiger partial charge on any atom is 0.317 e. The van der Waals surface area contributed by atoms with Gasteiger partial charge in [0.25, 0.3) is 5.91 Å². The van der Waals surface area contributed by atoms with Gasteiger partial charge in [0, 0.05) is 7.14 Å². The molecule has 0 spiro atoms. The molecule has 9 heteroatoms. The number of fused-ring (bicyclic) bond motifs is 1. The maximum absolute atomic E-state index is 12.0. The highest BCUT2D eigenvalue weighted by atomic mass is 127. The lowest BCUT2D eigenvalue weighted by Gasteiger charge is -2.12. The van der Waals surface area contributed by atoms with E-state index in [0.29, 0.717) is 9.13 Å². The van der Waals surface area contributed by atoms with Gasteiger partial charge in [0.05, 0.1) is 19.0 Å². The van der Waals surface area contributed by atoms with Crippen molar-refractivity contribution in [2.75, 3.05) is 5.75 Å². The average molecular weight is 592 g/mol. The first kappa shape index (κ1) is 19.4. The molecule has 2 aromatic carbocycles. The summed E-state index contributed by atoms with van der Waals surface area (Å²) in [7, 11) is 1.95. The molecule has 3 aromatic rings. The quantitative estimate of drug-likeness (QED) is 0.157. The van der Waals surface area contributed by atoms with E-state index in [0.717, 1.165) is 19.8 Å². The summed E-state index contributed by atoms with van der Waals surface area (Å²) >= 11 is 5.53. The number of hydrogen-bond acceptors (Lipinski definition) is 4. The number of nitrogens with zero attached hydrogens (tertiary/aromatic N) is 2. The molecule has 1 heterocycles. The Morgan fingerprint density at radius 2 is 2.15 bits per heavy atom. The largest absolute Gasteiger partial charge is 0.871 e. The summed E-state index contributed by atoms with van der Waals surface area (Å²) in [5.41, 5.74) is 5.01. The first-order valence-corrected chi connectivity index (χ1v) is 10.7. The summed E-state index contributed by atoms with van der Waals surface area (Å²) in [5.74, 6) is -0.118. The van der Waals surface area contributed by atoms with Crippen molar-refractivity contribution in [2.45, 2.75) is 5.16 Å². The molecule has 6 nitrogen and oxygen atoms in total. The Hall–Kier alpha value is -1.34. The van der Waals surface area contributed by atoms with Crippen LogP contribution in [0.3, 0.4) is 0 Å². The van der Waals surface area contributed by atoms with Gasteiger partial charge in [0.2, 0.25) is 0 Å². The topological polar surface area (TPSA) is 84.2 Å². The van der Waals surface area contributed by atoms with Crippen molar-refractivity contribution in [3.05, 3.63) is 49.1 Å². The van der Waals surface area contributed by atoms with Crippen molar-refractivity contribution < 1.29 is 14.5 Å². The normalized spacial score (nSPS) is 11.3. The van der Waals surface area contributed by atoms with Crippen molar-refractivity contribution in [2.24, 2.45) is 12.1 Å². The molecule has 1 aromatic heterocycles. The summed E-state index contributed by atoms with van der Waals surface area (Å²) < 4.78 is 3.58. The van der Waals surface area contributed by atoms with E-state index in [4.69, 9.17) is 0 Å². The molecule has 134 valence electrons. The van der Waals surface area contributed by atoms with E-state index in [-0.39, 0.29) is 17.4 Å². The number of aryl methyl sites for hydroxylation is 1. The van der Waals surface area contributed by atoms with E-state index in [1.54, 1.807) is 12.1 Å². The van der Waals surface area contributed by atoms with Gasteiger partial charge in [-0.05, 0) is 86.8 Å². The van der Waals surface area contributed by atoms with Crippen molar-refractivity contribution in [1.29, 1.82) is 0 Å². The fourth-order valence-corrected chi connectivity index (χ4v) is 5.03. The molecule has 2 N–H and O–H groups in total. The number of H-pyrrole nitrogens is 1. The monoisotopic (exact) mass is 592 g/mol. The predicted molar refractivity (Wildman–Crippen MR) is 117 cm³/mol. The molecule has 0 fully saturated rings. The average Bonchev–Trinajstić information content (AvgIpc) is 2.93. The third-order valence-electron chi connectivity index (χ3n) is 3.58. The zero-order valence-electron chi connectivity index (χ0n) is 13.6. The van der Waals surface area contributed by atoms with Crippen LogP contribution in [0.15, 0.2) is 46.7 Å². The molecule has 1 amide bonds. The van der Waals surface area contributed by atoms with Gasteiger partial charge >= 0.3 is 5.16 Å². The van der Waals surface area contributed by atoms with Crippen LogP contribution in [-0.2, 0) is 11.8 Å². The smallest absolute Gasteiger partial charge is 0.317 e. The number of carbonyl (C=O) groups is 1. The molecule has 0 radical (unpaired) electrons. The first-order valence-electron chi connectivity index (χ1n) is 7.53. The molecule has 0 unspecified atom stereocenters. The van der Waals surface area contributed by atoms with Crippen LogP contribution in [-0.4, -0.2) is 22.9 Å². The van der Waals surface area contributed by atoms with Crippen LogP contribution in [0.1, 0.15) is 5.56 Å². The number of rotatable bonds is 5. The van der Waals surface area contributed by atoms with E-state index in [1.165, 1.54) is 18.0 Å². The van der Waals surface area contributed by atoms with Gasteiger partial charge in [0.15, 0.2) is 11.0 Å². The highest BCUT2D eigenvalue weighted by Gasteiger charge is 2.16. The minimum absolute atomic E-state index is 0.0940. The molecule has 0 aliphatic heterocycles. The molecule has 26 heavy (non-hydrogen) atoms. The van der Waals surface area contributed by atoms with Crippen LogP contribution in [0.25, 0.3) is 11.0 Å². The van der Waals surface area contributed by atoms with Gasteiger partial charge in [-0.1, -0.05) is 17.9 Å². The Bertz CT molecular complexity index is 1000. The number of carbonyl (C=O) groups excluding carboxylic acids is 1. The molecule has 3 rings (SSSR count). The number of aromatic amines is 1. The molecular formula is C17H14I2N4O2S. The Labute approximate surface area is 181 Å². The molecular weight excluding hydrogens is 578 g/mol. The Morgan fingerprint density at radius 1 is 1.38 bits per heavy atom. The van der Waals surface area contributed by atoms with E-state index >= 15 is 0 Å². The van der Waals surface area contributed by atoms with E-state index in [2.05, 4.69) is 38.1 Å². The SMILES string of the molecule is C[n+]1c(SCC(=O)N/N=C/c2cc(I)cc(I)c2[O-])[nH]c2ccccc21. The van der Waals surface area contributed by atoms with Crippen LogP contribution in [0.2, 0.25) is 0 Å². The van der Waals surface area contributed by atoms with Gasteiger partial charge in [-0.3, -0.25) is 4.79 Å². The minimum Gasteiger partial charge on any atom is -0.871 e. The van der Waals surface area contributed by atoms with Crippen LogP contribution >= 0.6 is 56.9 Å². The minimum atomic E-state index is -0.238. The molecule has 0 aliphatic carbocycles. The summed E-state index contributed by atoms with van der Waals surface area (Å²) in [6.07, 6.45) is 1.39. The third-order valence-corrected chi connectivity index (χ3v) is 6.06. The Balaban J connectivity index is 1.60. The summed E-state index contributed by atoms with van der Waals surface area (Å²) in [6, 6.07) is 11.5. The van der Waals surface area contributed by atoms with Gasteiger partial charge in [-0.15, -0.1) is 0 Å². The Morgan fingerprint density at radius 3 is 2.92 bits per heavy atom. The van der Waals surface area contributed by atoms with Crippen LogP contribution in [0, 0.1) is 7.14 Å². The summed E-state index contributed by atoms with van der Waals surface area (Å²) in [6.45, 7) is 0. The van der Waals surface area contributed by atoms with Crippen LogP contribution < -0.4 is 15.1 Å². The fraction of sp³-hybridized carbons (Fsp3) is 0.118. The highest BCUT2D eigenvalue weighted by Crippen LogP contribution is 2.23. The molecule has 0 saturated heterocycles. The second kappa shape index (κ2) is 8.57. The summed E-state index contributed by atoms with van der Waals surface area (Å²) in [5, 5.41) is 16.8. The number of aromatic nitrogens is 2. The van der Waals surface area contributed by atoms with Crippen molar-refractivity contribution in [3.8, 4) is 5.75 Å². The van der Waals surface area contributed by atoms with E-state index < -0.39 is 0 Å². The number of hydrogen-bond donors (Lipinski definition) is 2. The number of benzene rings is 2. The first-order chi connectivity index (χ1) is 12.5. The van der Waals surface area contributed by atoms with Gasteiger partial charge in [-0.2, -0.15) is 5.10 Å². The number of thioether (sulfide) groups is 1. The number of halogens is 2. The van der Waals surface area contributed by atoms with Gasteiger partial charge in [-0.25, -0.2) is 15.0 Å². The van der Waals surface area contributed by atoms with E-state index in [9.17, 15) is 9.90 Å². The van der Waals surface area contributed by atoms with Crippen molar-refractivity contribution in [3.63, 3.8) is 0 Å². The second-order valence-corrected chi connectivity index (χ2v) is 8.77. The summed E-state index contributed by atoms with van der Waals surface area (Å²) in [4.78, 5) is 15.3. The standard InChI is InChI=1S/C17H14I2N4O2S/c1-23-14-5-3-2-4-13(14)21-17(23)26-9-15(24)22-20-8-10-6-11(18)7-12(19)16(10)25/h2-8H,9H2,1H3,(H2,20,22,24,25). The zero-order chi connectivity index (χ0) is 18.7. The zero-order valence-corrected chi connectivity index (χ0v) is 18.8. The lowest BCUT2D eigenvalue weighted by Crippen LogP contribution is -2.30. The lowest BCUT2D eigenvalue weighted by atomic mass is 10.2. The van der Waals surface area contributed by atoms with Crippen LogP contribution in [0.5, 0.6) is 5.75 Å². The highest BCUT2D eigenvalue weighted by molar-refractivity contribution is 14.1. The van der Waals surface area contributed by atoms with Gasteiger partial charge < -0.3 is 5.11 Å². The van der Waals surface area contributed by atoms with E-state index in [1.807, 2.05) is 58.5 Å². The van der Waals surface area contributed by atoms with Crippen molar-refractivity contribution >= 4 is 80.1 Å². The number of para-hydroxylation sites is 2. The number of nitrogens with one attached hydrogen (secondary N) is 2. The lowest BCUT2D eigenvalue weighted by molar-refractivity contribution is -0.683. The molecule has 0 saturated carbocycles. The van der Waals surface area contributed by atoms with Gasteiger partial charge in [0.1, 0.15) is 0 Å². The molecule has 0 atom stereocenters. The molecule has 0 bridgehead atoms. The van der Waals surface area contributed by atoms with Crippen LogP contribution in [0.4, 0.5) is 0 Å². The molecule has 0 aliphatic rings. The second-order valence-electron chi connectivity index (χ2n) is 5.39. The maximum atomic E-state index is 12.0. The van der Waals surface area contributed by atoms with Crippen molar-refractivity contribution in [1.82, 2.24) is 10.4 Å². The fourth-order valence-electron chi connectivity index (χ4n) is 2.33. The Kier molecular flexibility index (Phi) is 6.40.